The van der Waals surface area contributed by atoms with Crippen molar-refractivity contribution in [3.8, 4) is 0 Å². The second-order valence-corrected chi connectivity index (χ2v) is 5.37. The molecule has 1 unspecified atom stereocenters. The largest absolute Gasteiger partial charge is 0.348 e. The number of imidazole rings is 1. The lowest BCUT2D eigenvalue weighted by Gasteiger charge is -2.21. The predicted molar refractivity (Wildman–Crippen MR) is 78.9 cm³/mol. The fraction of sp³-hybridized carbons (Fsp3) is 0.438. The van der Waals surface area contributed by atoms with Crippen LogP contribution in [-0.4, -0.2) is 16.5 Å². The van der Waals surface area contributed by atoms with Crippen molar-refractivity contribution >= 4 is 0 Å². The molecule has 3 heteroatoms. The molecule has 102 valence electrons. The van der Waals surface area contributed by atoms with Crippen LogP contribution in [0.3, 0.4) is 0 Å². The van der Waals surface area contributed by atoms with Gasteiger partial charge in [-0.25, -0.2) is 4.98 Å². The minimum atomic E-state index is 0.434. The summed E-state index contributed by atoms with van der Waals surface area (Å²) in [5, 5.41) is 3.66. The van der Waals surface area contributed by atoms with E-state index in [2.05, 4.69) is 59.5 Å². The van der Waals surface area contributed by atoms with E-state index in [0.29, 0.717) is 12.0 Å². The molecule has 0 radical (unpaired) electrons. The average Bonchev–Trinajstić information content (AvgIpc) is 2.91. The van der Waals surface area contributed by atoms with E-state index in [1.54, 1.807) is 6.33 Å². The third-order valence-electron chi connectivity index (χ3n) is 3.25. The summed E-state index contributed by atoms with van der Waals surface area (Å²) in [5.74, 6) is 0.685. The second-order valence-electron chi connectivity index (χ2n) is 5.37. The highest BCUT2D eigenvalue weighted by molar-refractivity contribution is 5.19. The highest BCUT2D eigenvalue weighted by Crippen LogP contribution is 2.20. The molecule has 0 saturated carbocycles. The normalized spacial score (nSPS) is 12.8. The molecule has 0 fully saturated rings. The van der Waals surface area contributed by atoms with Gasteiger partial charge in [-0.1, -0.05) is 44.2 Å². The molecule has 2 rings (SSSR count). The SMILES string of the molecule is CC(C)CC(NCCc1cnc[nH]1)c1ccccc1. The van der Waals surface area contributed by atoms with Crippen LogP contribution in [0.25, 0.3) is 0 Å². The molecule has 0 amide bonds. The number of rotatable bonds is 7. The highest BCUT2D eigenvalue weighted by Gasteiger charge is 2.12. The standard InChI is InChI=1S/C16H23N3/c1-13(2)10-16(14-6-4-3-5-7-14)18-9-8-15-11-17-12-19-15/h3-7,11-13,16,18H,8-10H2,1-2H3,(H,17,19). The van der Waals surface area contributed by atoms with Gasteiger partial charge in [0.05, 0.1) is 6.33 Å². The summed E-state index contributed by atoms with van der Waals surface area (Å²) in [6.07, 6.45) is 5.77. The average molecular weight is 257 g/mol. The van der Waals surface area contributed by atoms with Gasteiger partial charge < -0.3 is 10.3 Å². The molecule has 1 aromatic carbocycles. The van der Waals surface area contributed by atoms with E-state index in [1.807, 2.05) is 6.20 Å². The molecule has 1 atom stereocenters. The Bertz CT molecular complexity index is 448. The quantitative estimate of drug-likeness (QED) is 0.798. The first-order valence-corrected chi connectivity index (χ1v) is 7.01. The van der Waals surface area contributed by atoms with Crippen molar-refractivity contribution in [3.05, 3.63) is 54.1 Å². The number of hydrogen-bond donors (Lipinski definition) is 2. The predicted octanol–water partition coefficient (Wildman–Crippen LogP) is 3.33. The summed E-state index contributed by atoms with van der Waals surface area (Å²) in [6.45, 7) is 5.51. The number of benzene rings is 1. The van der Waals surface area contributed by atoms with Crippen LogP contribution in [0.5, 0.6) is 0 Å². The fourth-order valence-electron chi connectivity index (χ4n) is 2.30. The van der Waals surface area contributed by atoms with Gasteiger partial charge in [0.1, 0.15) is 0 Å². The van der Waals surface area contributed by atoms with Crippen molar-refractivity contribution in [2.75, 3.05) is 6.54 Å². The fourth-order valence-corrected chi connectivity index (χ4v) is 2.30. The van der Waals surface area contributed by atoms with Gasteiger partial charge in [-0.05, 0) is 17.9 Å². The molecular formula is C16H23N3. The third kappa shape index (κ3) is 4.52. The Morgan fingerprint density at radius 2 is 2.00 bits per heavy atom. The number of H-pyrrole nitrogens is 1. The molecule has 0 aliphatic heterocycles. The number of hydrogen-bond acceptors (Lipinski definition) is 2. The highest BCUT2D eigenvalue weighted by atomic mass is 14.9. The van der Waals surface area contributed by atoms with Crippen molar-refractivity contribution in [3.63, 3.8) is 0 Å². The van der Waals surface area contributed by atoms with Crippen LogP contribution in [0, 0.1) is 5.92 Å². The van der Waals surface area contributed by atoms with Gasteiger partial charge in [0.15, 0.2) is 0 Å². The van der Waals surface area contributed by atoms with Crippen molar-refractivity contribution in [2.24, 2.45) is 5.92 Å². The van der Waals surface area contributed by atoms with E-state index in [-0.39, 0.29) is 0 Å². The Labute approximate surface area is 115 Å². The van der Waals surface area contributed by atoms with E-state index in [9.17, 15) is 0 Å². The zero-order valence-corrected chi connectivity index (χ0v) is 11.8. The van der Waals surface area contributed by atoms with Crippen LogP contribution < -0.4 is 5.32 Å². The first-order chi connectivity index (χ1) is 9.25. The molecule has 0 saturated heterocycles. The maximum atomic E-state index is 4.04. The Balaban J connectivity index is 1.91. The lowest BCUT2D eigenvalue weighted by Crippen LogP contribution is -2.25. The van der Waals surface area contributed by atoms with E-state index < -0.39 is 0 Å². The lowest BCUT2D eigenvalue weighted by molar-refractivity contribution is 0.431. The first kappa shape index (κ1) is 13.8. The van der Waals surface area contributed by atoms with Gasteiger partial charge in [0, 0.05) is 30.9 Å². The van der Waals surface area contributed by atoms with Crippen molar-refractivity contribution in [1.29, 1.82) is 0 Å². The summed E-state index contributed by atoms with van der Waals surface area (Å²) in [4.78, 5) is 7.18. The van der Waals surface area contributed by atoms with Crippen LogP contribution in [0.2, 0.25) is 0 Å². The molecule has 1 aromatic heterocycles. The molecule has 3 nitrogen and oxygen atoms in total. The van der Waals surface area contributed by atoms with Gasteiger partial charge in [-0.15, -0.1) is 0 Å². The van der Waals surface area contributed by atoms with Gasteiger partial charge >= 0.3 is 0 Å². The molecule has 0 aliphatic rings. The van der Waals surface area contributed by atoms with Crippen LogP contribution >= 0.6 is 0 Å². The van der Waals surface area contributed by atoms with Crippen LogP contribution in [-0.2, 0) is 6.42 Å². The molecule has 1 heterocycles. The number of nitrogens with one attached hydrogen (secondary N) is 2. The van der Waals surface area contributed by atoms with Crippen LogP contribution in [0.1, 0.15) is 37.6 Å². The number of aromatic nitrogens is 2. The van der Waals surface area contributed by atoms with Crippen LogP contribution in [0.15, 0.2) is 42.9 Å². The monoisotopic (exact) mass is 257 g/mol. The van der Waals surface area contributed by atoms with Gasteiger partial charge in [-0.2, -0.15) is 0 Å². The zero-order chi connectivity index (χ0) is 13.5. The van der Waals surface area contributed by atoms with E-state index in [0.717, 1.165) is 19.4 Å². The molecule has 0 bridgehead atoms. The molecule has 0 aliphatic carbocycles. The Kier molecular flexibility index (Phi) is 5.16. The van der Waals surface area contributed by atoms with E-state index >= 15 is 0 Å². The van der Waals surface area contributed by atoms with Crippen LogP contribution in [0.4, 0.5) is 0 Å². The minimum absolute atomic E-state index is 0.434. The maximum Gasteiger partial charge on any atom is 0.0921 e. The smallest absolute Gasteiger partial charge is 0.0921 e. The molecule has 0 spiro atoms. The maximum absolute atomic E-state index is 4.04. The molecular weight excluding hydrogens is 234 g/mol. The first-order valence-electron chi connectivity index (χ1n) is 7.01. The van der Waals surface area contributed by atoms with Gasteiger partial charge in [0.2, 0.25) is 0 Å². The summed E-state index contributed by atoms with van der Waals surface area (Å²) in [7, 11) is 0. The number of nitrogens with zero attached hydrogens (tertiary/aromatic N) is 1. The summed E-state index contributed by atoms with van der Waals surface area (Å²) >= 11 is 0. The summed E-state index contributed by atoms with van der Waals surface area (Å²) < 4.78 is 0. The van der Waals surface area contributed by atoms with Gasteiger partial charge in [0.25, 0.3) is 0 Å². The van der Waals surface area contributed by atoms with E-state index in [4.69, 9.17) is 0 Å². The van der Waals surface area contributed by atoms with Crippen molar-refractivity contribution in [2.45, 2.75) is 32.7 Å². The number of aromatic amines is 1. The zero-order valence-electron chi connectivity index (χ0n) is 11.8. The Morgan fingerprint density at radius 1 is 1.21 bits per heavy atom. The van der Waals surface area contributed by atoms with Crippen molar-refractivity contribution in [1.82, 2.24) is 15.3 Å². The molecule has 19 heavy (non-hydrogen) atoms. The minimum Gasteiger partial charge on any atom is -0.348 e. The molecule has 2 aromatic rings. The van der Waals surface area contributed by atoms with Crippen molar-refractivity contribution < 1.29 is 0 Å². The van der Waals surface area contributed by atoms with Gasteiger partial charge in [-0.3, -0.25) is 0 Å². The Hall–Kier alpha value is -1.61. The molecule has 2 N–H and O–H groups in total. The van der Waals surface area contributed by atoms with E-state index in [1.165, 1.54) is 11.3 Å². The topological polar surface area (TPSA) is 40.7 Å². The lowest BCUT2D eigenvalue weighted by atomic mass is 9.97. The summed E-state index contributed by atoms with van der Waals surface area (Å²) in [6, 6.07) is 11.1. The summed E-state index contributed by atoms with van der Waals surface area (Å²) in [5.41, 5.74) is 2.56. The second kappa shape index (κ2) is 7.10. The Morgan fingerprint density at radius 3 is 2.63 bits per heavy atom. The third-order valence-corrected chi connectivity index (χ3v) is 3.25.